The second-order valence-electron chi connectivity index (χ2n) is 9.88. The van der Waals surface area contributed by atoms with Crippen LogP contribution in [0.4, 0.5) is 11.4 Å². The Hall–Kier alpha value is -3.81. The zero-order valence-corrected chi connectivity index (χ0v) is 21.2. The molecule has 1 aromatic heterocycles. The minimum atomic E-state index is -1.03. The number of ether oxygens (including phenoxy) is 1. The number of benzene rings is 2. The monoisotopic (exact) mass is 503 g/mol. The Bertz CT molecular complexity index is 1270. The van der Waals surface area contributed by atoms with E-state index in [0.29, 0.717) is 49.4 Å². The maximum Gasteiger partial charge on any atom is 0.287 e. The van der Waals surface area contributed by atoms with Crippen molar-refractivity contribution in [1.29, 1.82) is 0 Å². The van der Waals surface area contributed by atoms with Gasteiger partial charge in [0.2, 0.25) is 5.91 Å². The zero-order chi connectivity index (χ0) is 25.8. The van der Waals surface area contributed by atoms with Crippen LogP contribution in [0.2, 0.25) is 0 Å². The lowest BCUT2D eigenvalue weighted by molar-refractivity contribution is -0.123. The number of nitrogens with zero attached hydrogens (tertiary/aromatic N) is 1. The summed E-state index contributed by atoms with van der Waals surface area (Å²) in [6.45, 7) is 3.52. The molecule has 3 aromatic rings. The molecule has 2 amide bonds. The van der Waals surface area contributed by atoms with Gasteiger partial charge in [-0.25, -0.2) is 0 Å². The average Bonchev–Trinajstić information content (AvgIpc) is 3.34. The van der Waals surface area contributed by atoms with Gasteiger partial charge in [-0.3, -0.25) is 14.4 Å². The van der Waals surface area contributed by atoms with Crippen molar-refractivity contribution in [3.8, 4) is 5.75 Å². The number of carbonyl (C=O) groups excluding carboxylic acids is 3. The van der Waals surface area contributed by atoms with Crippen molar-refractivity contribution < 1.29 is 23.5 Å². The maximum absolute atomic E-state index is 13.7. The SMILES string of the molecule is CCOc1cc(NC(=O)C2(NC(=O)c3cc4ccccc4o3)CCCCC2)ccc1N1CCCC(=O)C1. The summed E-state index contributed by atoms with van der Waals surface area (Å²) in [6, 6.07) is 14.7. The van der Waals surface area contributed by atoms with Crippen LogP contribution in [0.3, 0.4) is 0 Å². The summed E-state index contributed by atoms with van der Waals surface area (Å²) in [7, 11) is 0. The van der Waals surface area contributed by atoms with Crippen LogP contribution < -0.4 is 20.3 Å². The van der Waals surface area contributed by atoms with Crippen molar-refractivity contribution in [2.24, 2.45) is 0 Å². The van der Waals surface area contributed by atoms with Gasteiger partial charge in [0.05, 0.1) is 18.8 Å². The van der Waals surface area contributed by atoms with Gasteiger partial charge in [0.25, 0.3) is 5.91 Å². The summed E-state index contributed by atoms with van der Waals surface area (Å²) in [6.07, 6.45) is 5.24. The molecule has 8 nitrogen and oxygen atoms in total. The first-order chi connectivity index (χ1) is 18.0. The average molecular weight is 504 g/mol. The second kappa shape index (κ2) is 10.7. The van der Waals surface area contributed by atoms with E-state index in [9.17, 15) is 14.4 Å². The molecule has 0 unspecified atom stereocenters. The molecule has 2 fully saturated rings. The Morgan fingerprint density at radius 1 is 1.05 bits per heavy atom. The number of rotatable bonds is 7. The highest BCUT2D eigenvalue weighted by Gasteiger charge is 2.41. The van der Waals surface area contributed by atoms with Gasteiger partial charge in [0.15, 0.2) is 11.5 Å². The predicted molar refractivity (Wildman–Crippen MR) is 142 cm³/mol. The molecule has 0 bridgehead atoms. The van der Waals surface area contributed by atoms with Crippen LogP contribution in [0.1, 0.15) is 62.4 Å². The van der Waals surface area contributed by atoms with Crippen molar-refractivity contribution in [3.05, 3.63) is 54.3 Å². The molecule has 2 N–H and O–H groups in total. The molecule has 8 heteroatoms. The quantitative estimate of drug-likeness (QED) is 0.467. The van der Waals surface area contributed by atoms with E-state index in [2.05, 4.69) is 10.6 Å². The van der Waals surface area contributed by atoms with Crippen LogP contribution in [0, 0.1) is 0 Å². The highest BCUT2D eigenvalue weighted by atomic mass is 16.5. The topological polar surface area (TPSA) is 101 Å². The third-order valence-corrected chi connectivity index (χ3v) is 7.25. The first-order valence-electron chi connectivity index (χ1n) is 13.1. The van der Waals surface area contributed by atoms with Crippen LogP contribution in [0.5, 0.6) is 5.75 Å². The predicted octanol–water partition coefficient (Wildman–Crippen LogP) is 5.07. The second-order valence-corrected chi connectivity index (χ2v) is 9.88. The number of furan rings is 1. The lowest BCUT2D eigenvalue weighted by Crippen LogP contribution is -2.57. The molecule has 2 aliphatic rings. The number of Topliss-reactive ketones (excluding diaryl/α,β-unsaturated/α-hetero) is 1. The molecule has 1 saturated heterocycles. The van der Waals surface area contributed by atoms with Gasteiger partial charge in [-0.1, -0.05) is 37.5 Å². The molecule has 37 heavy (non-hydrogen) atoms. The summed E-state index contributed by atoms with van der Waals surface area (Å²) >= 11 is 0. The van der Waals surface area contributed by atoms with Gasteiger partial charge in [0, 0.05) is 30.1 Å². The number of amides is 2. The standard InChI is InChI=1S/C29H33N3O5/c1-2-36-25-18-21(12-13-23(25)32-16-8-10-22(33)19-32)30-28(35)29(14-6-3-7-15-29)31-27(34)26-17-20-9-4-5-11-24(20)37-26/h4-5,9,11-13,17-18H,2-3,6-8,10,14-16,19H2,1H3,(H,30,35)(H,31,34). The van der Waals surface area contributed by atoms with Crippen LogP contribution in [0.25, 0.3) is 11.0 Å². The lowest BCUT2D eigenvalue weighted by Gasteiger charge is -2.36. The number of piperidine rings is 1. The normalized spacial score (nSPS) is 17.4. The number of ketones is 1. The van der Waals surface area contributed by atoms with E-state index >= 15 is 0 Å². The van der Waals surface area contributed by atoms with Crippen molar-refractivity contribution in [3.63, 3.8) is 0 Å². The summed E-state index contributed by atoms with van der Waals surface area (Å²) in [5.41, 5.74) is 1.04. The largest absolute Gasteiger partial charge is 0.492 e. The summed E-state index contributed by atoms with van der Waals surface area (Å²) in [4.78, 5) is 40.9. The zero-order valence-electron chi connectivity index (χ0n) is 21.2. The van der Waals surface area contributed by atoms with Crippen molar-refractivity contribution in [1.82, 2.24) is 5.32 Å². The highest BCUT2D eigenvalue weighted by Crippen LogP contribution is 2.35. The van der Waals surface area contributed by atoms with E-state index in [4.69, 9.17) is 9.15 Å². The van der Waals surface area contributed by atoms with Crippen LogP contribution >= 0.6 is 0 Å². The van der Waals surface area contributed by atoms with E-state index < -0.39 is 11.4 Å². The third-order valence-electron chi connectivity index (χ3n) is 7.25. The molecule has 5 rings (SSSR count). The van der Waals surface area contributed by atoms with Gasteiger partial charge in [-0.15, -0.1) is 0 Å². The summed E-state index contributed by atoms with van der Waals surface area (Å²) < 4.78 is 11.6. The molecule has 2 heterocycles. The summed E-state index contributed by atoms with van der Waals surface area (Å²) in [5.74, 6) is 0.385. The van der Waals surface area contributed by atoms with Crippen molar-refractivity contribution in [2.45, 2.75) is 57.4 Å². The van der Waals surface area contributed by atoms with Gasteiger partial charge in [-0.2, -0.15) is 0 Å². The molecular weight excluding hydrogens is 470 g/mol. The van der Waals surface area contributed by atoms with Gasteiger partial charge < -0.3 is 24.7 Å². The Morgan fingerprint density at radius 2 is 1.86 bits per heavy atom. The van der Waals surface area contributed by atoms with E-state index in [1.165, 1.54) is 0 Å². The first kappa shape index (κ1) is 24.9. The Morgan fingerprint density at radius 3 is 2.62 bits per heavy atom. The molecule has 2 aromatic carbocycles. The number of para-hydroxylation sites is 1. The van der Waals surface area contributed by atoms with Gasteiger partial charge >= 0.3 is 0 Å². The minimum absolute atomic E-state index is 0.193. The van der Waals surface area contributed by atoms with E-state index in [-0.39, 0.29) is 17.5 Å². The van der Waals surface area contributed by atoms with E-state index in [1.54, 1.807) is 12.1 Å². The molecule has 1 saturated carbocycles. The van der Waals surface area contributed by atoms with Crippen molar-refractivity contribution in [2.75, 3.05) is 29.9 Å². The molecule has 194 valence electrons. The number of hydrogen-bond donors (Lipinski definition) is 2. The Labute approximate surface area is 216 Å². The fourth-order valence-corrected chi connectivity index (χ4v) is 5.36. The Kier molecular flexibility index (Phi) is 7.17. The first-order valence-corrected chi connectivity index (χ1v) is 13.1. The fraction of sp³-hybridized carbons (Fsp3) is 0.414. The molecule has 0 atom stereocenters. The maximum atomic E-state index is 13.7. The number of hydrogen-bond acceptors (Lipinski definition) is 6. The fourth-order valence-electron chi connectivity index (χ4n) is 5.36. The summed E-state index contributed by atoms with van der Waals surface area (Å²) in [5, 5.41) is 6.88. The number of nitrogens with one attached hydrogen (secondary N) is 2. The number of carbonyl (C=O) groups is 3. The third kappa shape index (κ3) is 5.33. The van der Waals surface area contributed by atoms with E-state index in [0.717, 1.165) is 43.3 Å². The number of fused-ring (bicyclic) bond motifs is 1. The van der Waals surface area contributed by atoms with Gasteiger partial charge in [-0.05, 0) is 50.5 Å². The lowest BCUT2D eigenvalue weighted by atomic mass is 9.80. The number of anilines is 2. The van der Waals surface area contributed by atoms with E-state index in [1.807, 2.05) is 48.2 Å². The Balaban J connectivity index is 1.36. The van der Waals surface area contributed by atoms with Gasteiger partial charge in [0.1, 0.15) is 16.9 Å². The molecule has 0 spiro atoms. The smallest absolute Gasteiger partial charge is 0.287 e. The van der Waals surface area contributed by atoms with Crippen LogP contribution in [-0.2, 0) is 9.59 Å². The molecule has 1 aliphatic carbocycles. The van der Waals surface area contributed by atoms with Crippen molar-refractivity contribution >= 4 is 39.9 Å². The minimum Gasteiger partial charge on any atom is -0.492 e. The highest BCUT2D eigenvalue weighted by molar-refractivity contribution is 6.04. The molecule has 0 radical (unpaired) electrons. The van der Waals surface area contributed by atoms with Crippen LogP contribution in [0.15, 0.2) is 52.9 Å². The molecule has 1 aliphatic heterocycles. The van der Waals surface area contributed by atoms with Crippen LogP contribution in [-0.4, -0.2) is 42.8 Å². The molecular formula is C29H33N3O5.